The molecule has 1 fully saturated rings. The van der Waals surface area contributed by atoms with Gasteiger partial charge in [-0.15, -0.1) is 24.8 Å². The monoisotopic (exact) mass is 252 g/mol. The Morgan fingerprint density at radius 2 is 2.07 bits per heavy atom. The van der Waals surface area contributed by atoms with E-state index in [1.807, 2.05) is 6.07 Å². The Labute approximate surface area is 101 Å². The van der Waals surface area contributed by atoms with E-state index < -0.39 is 0 Å². The Hall–Kier alpha value is -0.710. The van der Waals surface area contributed by atoms with Crippen LogP contribution in [0.3, 0.4) is 0 Å². The minimum Gasteiger partial charge on any atom is -0.486 e. The minimum atomic E-state index is 0. The average molecular weight is 253 g/mol. The molecule has 0 atom stereocenters. The van der Waals surface area contributed by atoms with Gasteiger partial charge in [-0.3, -0.25) is 0 Å². The molecule has 1 N–H and O–H groups in total. The number of methoxy groups -OCH3 is 1. The Balaban J connectivity index is 0.000000980. The topological polar surface area (TPSA) is 43.4 Å². The predicted octanol–water partition coefficient (Wildman–Crippen LogP) is 1.28. The molecule has 1 aliphatic rings. The lowest BCUT2D eigenvalue weighted by molar-refractivity contribution is 0.141. The zero-order chi connectivity index (χ0) is 9.10. The van der Waals surface area contributed by atoms with Gasteiger partial charge in [-0.2, -0.15) is 0 Å². The van der Waals surface area contributed by atoms with Crippen molar-refractivity contribution >= 4 is 24.8 Å². The highest BCUT2D eigenvalue weighted by molar-refractivity contribution is 5.85. The fraction of sp³-hybridized carbons (Fsp3) is 0.444. The molecule has 0 amide bonds. The first-order chi connectivity index (χ1) is 6.38. The first-order valence-electron chi connectivity index (χ1n) is 4.26. The van der Waals surface area contributed by atoms with Crippen LogP contribution in [0.1, 0.15) is 0 Å². The lowest BCUT2D eigenvalue weighted by atomic mass is 10.2. The summed E-state index contributed by atoms with van der Waals surface area (Å²) >= 11 is 0. The maximum absolute atomic E-state index is 5.57. The van der Waals surface area contributed by atoms with E-state index in [1.165, 1.54) is 0 Å². The molecule has 4 nitrogen and oxygen atoms in total. The molecule has 0 saturated carbocycles. The number of pyridine rings is 1. The van der Waals surface area contributed by atoms with Crippen LogP contribution < -0.4 is 14.8 Å². The van der Waals surface area contributed by atoms with E-state index >= 15 is 0 Å². The lowest BCUT2D eigenvalue weighted by Crippen LogP contribution is -2.50. The second kappa shape index (κ2) is 6.71. The molecule has 0 radical (unpaired) electrons. The van der Waals surface area contributed by atoms with Crippen molar-refractivity contribution in [2.75, 3.05) is 20.2 Å². The van der Waals surface area contributed by atoms with Crippen molar-refractivity contribution in [2.24, 2.45) is 0 Å². The van der Waals surface area contributed by atoms with Gasteiger partial charge in [0, 0.05) is 19.2 Å². The molecule has 1 aliphatic heterocycles. The van der Waals surface area contributed by atoms with E-state index in [9.17, 15) is 0 Å². The third-order valence-electron chi connectivity index (χ3n) is 1.97. The molecule has 15 heavy (non-hydrogen) atoms. The first-order valence-corrected chi connectivity index (χ1v) is 4.26. The molecule has 0 aromatic carbocycles. The molecule has 0 aliphatic carbocycles. The number of nitrogens with one attached hydrogen (secondary N) is 1. The van der Waals surface area contributed by atoms with Crippen molar-refractivity contribution in [3.05, 3.63) is 18.3 Å². The summed E-state index contributed by atoms with van der Waals surface area (Å²) in [5.41, 5.74) is 0. The smallest absolute Gasteiger partial charge is 0.213 e. The number of hydrogen-bond donors (Lipinski definition) is 1. The van der Waals surface area contributed by atoms with E-state index in [4.69, 9.17) is 9.47 Å². The second-order valence-electron chi connectivity index (χ2n) is 2.93. The van der Waals surface area contributed by atoms with E-state index in [0.29, 0.717) is 12.0 Å². The summed E-state index contributed by atoms with van der Waals surface area (Å²) in [6.07, 6.45) is 1.98. The number of rotatable bonds is 3. The number of halogens is 2. The molecule has 0 bridgehead atoms. The van der Waals surface area contributed by atoms with Gasteiger partial charge in [0.05, 0.1) is 13.3 Å². The van der Waals surface area contributed by atoms with Gasteiger partial charge in [-0.25, -0.2) is 4.98 Å². The molecule has 0 spiro atoms. The zero-order valence-corrected chi connectivity index (χ0v) is 9.94. The summed E-state index contributed by atoms with van der Waals surface area (Å²) in [6, 6.07) is 3.66. The third-order valence-corrected chi connectivity index (χ3v) is 1.97. The Morgan fingerprint density at radius 3 is 2.47 bits per heavy atom. The van der Waals surface area contributed by atoms with Crippen molar-refractivity contribution in [3.8, 4) is 11.6 Å². The van der Waals surface area contributed by atoms with Crippen LogP contribution in [-0.2, 0) is 0 Å². The van der Waals surface area contributed by atoms with Crippen molar-refractivity contribution in [1.29, 1.82) is 0 Å². The van der Waals surface area contributed by atoms with Crippen LogP contribution >= 0.6 is 24.8 Å². The van der Waals surface area contributed by atoms with E-state index in [-0.39, 0.29) is 24.8 Å². The molecule has 6 heteroatoms. The third kappa shape index (κ3) is 3.74. The summed E-state index contributed by atoms with van der Waals surface area (Å²) < 4.78 is 10.5. The van der Waals surface area contributed by atoms with Gasteiger partial charge >= 0.3 is 0 Å². The van der Waals surface area contributed by atoms with Crippen LogP contribution in [0, 0.1) is 0 Å². The molecular weight excluding hydrogens is 239 g/mol. The average Bonchev–Trinajstić information content (AvgIpc) is 2.12. The minimum absolute atomic E-state index is 0. The first kappa shape index (κ1) is 14.3. The molecule has 0 unspecified atom stereocenters. The number of aromatic nitrogens is 1. The van der Waals surface area contributed by atoms with Crippen LogP contribution in [0.2, 0.25) is 0 Å². The van der Waals surface area contributed by atoms with Crippen LogP contribution in [-0.4, -0.2) is 31.3 Å². The summed E-state index contributed by atoms with van der Waals surface area (Å²) in [5, 5.41) is 3.13. The van der Waals surface area contributed by atoms with Crippen molar-refractivity contribution in [2.45, 2.75) is 6.10 Å². The normalized spacial score (nSPS) is 14.2. The summed E-state index contributed by atoms with van der Waals surface area (Å²) in [4.78, 5) is 4.04. The van der Waals surface area contributed by atoms with Crippen molar-refractivity contribution in [1.82, 2.24) is 10.3 Å². The molecule has 2 rings (SSSR count). The summed E-state index contributed by atoms with van der Waals surface area (Å²) in [6.45, 7) is 1.85. The van der Waals surface area contributed by atoms with Gasteiger partial charge in [-0.05, 0) is 6.07 Å². The summed E-state index contributed by atoms with van der Waals surface area (Å²) in [7, 11) is 1.60. The Kier molecular flexibility index (Phi) is 6.40. The van der Waals surface area contributed by atoms with Crippen LogP contribution in [0.25, 0.3) is 0 Å². The lowest BCUT2D eigenvalue weighted by Gasteiger charge is -2.27. The fourth-order valence-electron chi connectivity index (χ4n) is 1.10. The zero-order valence-electron chi connectivity index (χ0n) is 8.30. The summed E-state index contributed by atoms with van der Waals surface area (Å²) in [5.74, 6) is 1.41. The van der Waals surface area contributed by atoms with Gasteiger partial charge in [0.2, 0.25) is 5.88 Å². The van der Waals surface area contributed by atoms with Crippen LogP contribution in [0.4, 0.5) is 0 Å². The highest BCUT2D eigenvalue weighted by Gasteiger charge is 2.18. The van der Waals surface area contributed by atoms with E-state index in [2.05, 4.69) is 10.3 Å². The van der Waals surface area contributed by atoms with Crippen molar-refractivity contribution in [3.63, 3.8) is 0 Å². The molecule has 86 valence electrons. The highest BCUT2D eigenvalue weighted by Crippen LogP contribution is 2.15. The number of hydrogen-bond acceptors (Lipinski definition) is 4. The quantitative estimate of drug-likeness (QED) is 0.881. The van der Waals surface area contributed by atoms with Gasteiger partial charge in [0.25, 0.3) is 0 Å². The predicted molar refractivity (Wildman–Crippen MR) is 62.6 cm³/mol. The molecule has 1 aromatic rings. The van der Waals surface area contributed by atoms with Gasteiger partial charge in [0.1, 0.15) is 11.9 Å². The standard InChI is InChI=1S/C9H12N2O2.2ClH/c1-12-9-3-2-7(6-11-9)13-8-4-10-5-8;;/h2-3,6,8,10H,4-5H2,1H3;2*1H. The molecule has 1 saturated heterocycles. The second-order valence-corrected chi connectivity index (χ2v) is 2.93. The highest BCUT2D eigenvalue weighted by atomic mass is 35.5. The van der Waals surface area contributed by atoms with Crippen LogP contribution in [0.15, 0.2) is 18.3 Å². The molecule has 2 heterocycles. The number of nitrogens with zero attached hydrogens (tertiary/aromatic N) is 1. The van der Waals surface area contributed by atoms with E-state index in [1.54, 1.807) is 19.4 Å². The number of ether oxygens (including phenoxy) is 2. The van der Waals surface area contributed by atoms with Gasteiger partial charge in [-0.1, -0.05) is 0 Å². The molecule has 1 aromatic heterocycles. The molecular formula is C9H14Cl2N2O2. The van der Waals surface area contributed by atoms with Gasteiger partial charge in [0.15, 0.2) is 0 Å². The Morgan fingerprint density at radius 1 is 1.33 bits per heavy atom. The van der Waals surface area contributed by atoms with Crippen LogP contribution in [0.5, 0.6) is 11.6 Å². The SMILES string of the molecule is COc1ccc(OC2CNC2)cn1.Cl.Cl. The largest absolute Gasteiger partial charge is 0.486 e. The Bertz CT molecular complexity index is 278. The van der Waals surface area contributed by atoms with Crippen molar-refractivity contribution < 1.29 is 9.47 Å². The maximum atomic E-state index is 5.57. The fourth-order valence-corrected chi connectivity index (χ4v) is 1.10. The van der Waals surface area contributed by atoms with Gasteiger partial charge < -0.3 is 14.8 Å². The van der Waals surface area contributed by atoms with E-state index in [0.717, 1.165) is 18.8 Å². The maximum Gasteiger partial charge on any atom is 0.213 e.